The van der Waals surface area contributed by atoms with Gasteiger partial charge in [0.05, 0.1) is 46.2 Å². The van der Waals surface area contributed by atoms with Crippen molar-refractivity contribution in [1.29, 1.82) is 0 Å². The number of aromatic amines is 2. The number of benzene rings is 2. The molecule has 6 N–H and O–H groups in total. The number of para-hydroxylation sites is 3. The molecular formula is C33H42BrN7O4. The van der Waals surface area contributed by atoms with Crippen molar-refractivity contribution in [2.45, 2.75) is 83.5 Å². The number of imidazole rings is 2. The van der Waals surface area contributed by atoms with Crippen molar-refractivity contribution < 1.29 is 19.5 Å². The summed E-state index contributed by atoms with van der Waals surface area (Å²) < 4.78 is 6.01. The predicted octanol–water partition coefficient (Wildman–Crippen LogP) is 5.63. The van der Waals surface area contributed by atoms with Gasteiger partial charge in [0.25, 0.3) is 5.91 Å². The number of aromatic nitrogens is 4. The number of fused-ring (bicyclic) bond motifs is 2. The molecule has 2 aliphatic heterocycles. The summed E-state index contributed by atoms with van der Waals surface area (Å²) in [5, 5.41) is 15.4. The Balaban J connectivity index is 0.000000182. The number of nitrogens with one attached hydrogen (secondary N) is 3. The summed E-state index contributed by atoms with van der Waals surface area (Å²) in [5.74, 6) is -0.0518. The first kappa shape index (κ1) is 32.8. The van der Waals surface area contributed by atoms with E-state index in [0.29, 0.717) is 16.9 Å². The summed E-state index contributed by atoms with van der Waals surface area (Å²) in [6.45, 7) is 16.0. The maximum atomic E-state index is 12.5. The number of hydroxylamine groups is 2. The number of methoxy groups -OCH3 is 1. The van der Waals surface area contributed by atoms with E-state index in [1.807, 2.05) is 85.7 Å². The first-order chi connectivity index (χ1) is 20.8. The molecule has 11 nitrogen and oxygen atoms in total. The summed E-state index contributed by atoms with van der Waals surface area (Å²) in [5.41, 5.74) is 8.12. The molecule has 1 fully saturated rings. The van der Waals surface area contributed by atoms with Gasteiger partial charge in [0.1, 0.15) is 17.2 Å². The van der Waals surface area contributed by atoms with Crippen LogP contribution in [-0.2, 0) is 9.53 Å². The van der Waals surface area contributed by atoms with Crippen LogP contribution in [0.1, 0.15) is 83.3 Å². The van der Waals surface area contributed by atoms with Crippen molar-refractivity contribution in [3.05, 3.63) is 64.2 Å². The molecule has 2 aromatic heterocycles. The lowest BCUT2D eigenvalue weighted by molar-refractivity contribution is -0.181. The SMILES string of the molecule is CC1(C)C(Br)=C(c2nc3ccccc3[nH]2)C(C)(C)N1O.COC(=O)C1C(c2nc3c(C(N)=O)cccc3[nH]2)C(C)(C)NC1(C)C. The second-order valence-electron chi connectivity index (χ2n) is 14.0. The molecule has 12 heteroatoms. The van der Waals surface area contributed by atoms with E-state index >= 15 is 0 Å². The van der Waals surface area contributed by atoms with E-state index in [0.717, 1.165) is 32.4 Å². The number of nitrogens with zero attached hydrogens (tertiary/aromatic N) is 3. The van der Waals surface area contributed by atoms with Gasteiger partial charge in [0.2, 0.25) is 0 Å². The number of carbonyl (C=O) groups is 2. The Kier molecular flexibility index (Phi) is 8.05. The number of rotatable bonds is 4. The van der Waals surface area contributed by atoms with Crippen LogP contribution in [0, 0.1) is 5.92 Å². The van der Waals surface area contributed by atoms with Crippen LogP contribution in [0.5, 0.6) is 0 Å². The Bertz CT molecular complexity index is 1800. The molecule has 0 spiro atoms. The average molecular weight is 681 g/mol. The molecular weight excluding hydrogens is 638 g/mol. The van der Waals surface area contributed by atoms with Gasteiger partial charge >= 0.3 is 5.97 Å². The van der Waals surface area contributed by atoms with E-state index in [2.05, 4.69) is 41.2 Å². The van der Waals surface area contributed by atoms with Crippen molar-refractivity contribution in [2.24, 2.45) is 11.7 Å². The molecule has 0 bridgehead atoms. The van der Waals surface area contributed by atoms with Crippen LogP contribution in [0.3, 0.4) is 0 Å². The Morgan fingerprint density at radius 2 is 1.56 bits per heavy atom. The maximum absolute atomic E-state index is 12.5. The highest BCUT2D eigenvalue weighted by atomic mass is 79.9. The molecule has 2 aliphatic rings. The van der Waals surface area contributed by atoms with Crippen molar-refractivity contribution in [1.82, 2.24) is 30.3 Å². The fourth-order valence-electron chi connectivity index (χ4n) is 7.21. The molecule has 0 radical (unpaired) electrons. The lowest BCUT2D eigenvalue weighted by Crippen LogP contribution is -2.48. The molecule has 2 aromatic carbocycles. The molecule has 0 saturated carbocycles. The summed E-state index contributed by atoms with van der Waals surface area (Å²) in [6, 6.07) is 13.2. The zero-order valence-corrected chi connectivity index (χ0v) is 28.8. The minimum Gasteiger partial charge on any atom is -0.469 e. The minimum atomic E-state index is -0.530. The predicted molar refractivity (Wildman–Crippen MR) is 178 cm³/mol. The third-order valence-corrected chi connectivity index (χ3v) is 10.5. The van der Waals surface area contributed by atoms with Crippen LogP contribution >= 0.6 is 15.9 Å². The number of primary amides is 1. The fourth-order valence-corrected chi connectivity index (χ4v) is 8.05. The van der Waals surface area contributed by atoms with Gasteiger partial charge in [-0.1, -0.05) is 34.1 Å². The van der Waals surface area contributed by atoms with Crippen molar-refractivity contribution in [3.8, 4) is 0 Å². The normalized spacial score (nSPS) is 23.3. The second-order valence-corrected chi connectivity index (χ2v) is 14.7. The van der Waals surface area contributed by atoms with E-state index in [1.165, 1.54) is 12.2 Å². The topological polar surface area (TPSA) is 162 Å². The van der Waals surface area contributed by atoms with Gasteiger partial charge in [-0.25, -0.2) is 9.97 Å². The van der Waals surface area contributed by atoms with Crippen LogP contribution in [0.15, 0.2) is 46.9 Å². The molecule has 45 heavy (non-hydrogen) atoms. The number of halogens is 1. The highest BCUT2D eigenvalue weighted by molar-refractivity contribution is 9.12. The number of ether oxygens (including phenoxy) is 1. The molecule has 1 saturated heterocycles. The third-order valence-electron chi connectivity index (χ3n) is 9.13. The van der Waals surface area contributed by atoms with Crippen LogP contribution in [-0.4, -0.2) is 71.3 Å². The van der Waals surface area contributed by atoms with Crippen LogP contribution in [0.2, 0.25) is 0 Å². The zero-order chi connectivity index (χ0) is 33.3. The number of H-pyrrole nitrogens is 2. The van der Waals surface area contributed by atoms with E-state index < -0.39 is 34.0 Å². The number of hydrogen-bond acceptors (Lipinski definition) is 8. The standard InChI is InChI=1S/C18H24N4O3.C15H18BrN3O/c1-17(2)11(12(16(24)25-5)18(3,4)22-17)15-20-10-8-6-7-9(14(19)23)13(10)21-15;1-14(2)11(12(16)15(3,4)19(14)20)13-17-9-7-5-6-8-10(9)18-13/h6-8,11-12,22H,1-5H3,(H2,19,23)(H,20,21);5-8,20H,1-4H3,(H,17,18). The van der Waals surface area contributed by atoms with Crippen molar-refractivity contribution >= 4 is 55.4 Å². The Morgan fingerprint density at radius 3 is 2.13 bits per heavy atom. The first-order valence-corrected chi connectivity index (χ1v) is 15.6. The quantitative estimate of drug-likeness (QED) is 0.173. The lowest BCUT2D eigenvalue weighted by atomic mass is 9.76. The Labute approximate surface area is 271 Å². The summed E-state index contributed by atoms with van der Waals surface area (Å²) >= 11 is 3.65. The van der Waals surface area contributed by atoms with E-state index in [1.54, 1.807) is 12.1 Å². The van der Waals surface area contributed by atoms with Crippen LogP contribution in [0.25, 0.3) is 27.6 Å². The third kappa shape index (κ3) is 5.37. The monoisotopic (exact) mass is 679 g/mol. The molecule has 2 unspecified atom stereocenters. The lowest BCUT2D eigenvalue weighted by Gasteiger charge is -2.36. The smallest absolute Gasteiger partial charge is 0.311 e. The van der Waals surface area contributed by atoms with Gasteiger partial charge in [-0.15, -0.1) is 0 Å². The number of esters is 1. The molecule has 4 heterocycles. The molecule has 0 aliphatic carbocycles. The molecule has 2 atom stereocenters. The molecule has 4 aromatic rings. The second kappa shape index (κ2) is 11.0. The molecule has 240 valence electrons. The van der Waals surface area contributed by atoms with Gasteiger partial charge < -0.3 is 31.0 Å². The van der Waals surface area contributed by atoms with Crippen molar-refractivity contribution in [2.75, 3.05) is 7.11 Å². The van der Waals surface area contributed by atoms with Crippen LogP contribution < -0.4 is 11.1 Å². The molecule has 6 rings (SSSR count). The van der Waals surface area contributed by atoms with Gasteiger partial charge in [-0.3, -0.25) is 9.59 Å². The van der Waals surface area contributed by atoms with Crippen LogP contribution in [0.4, 0.5) is 0 Å². The number of carbonyl (C=O) groups excluding carboxylic acids is 2. The number of nitrogens with two attached hydrogens (primary N) is 1. The van der Waals surface area contributed by atoms with Gasteiger partial charge in [0, 0.05) is 27.1 Å². The van der Waals surface area contributed by atoms with E-state index in [-0.39, 0.29) is 11.9 Å². The number of amides is 1. The summed E-state index contributed by atoms with van der Waals surface area (Å²) in [4.78, 5) is 40.1. The van der Waals surface area contributed by atoms with Gasteiger partial charge in [-0.05, 0) is 79.7 Å². The maximum Gasteiger partial charge on any atom is 0.311 e. The fraction of sp³-hybridized carbons (Fsp3) is 0.455. The Hall–Kier alpha value is -3.58. The largest absolute Gasteiger partial charge is 0.469 e. The molecule has 1 amide bonds. The van der Waals surface area contributed by atoms with Crippen molar-refractivity contribution in [3.63, 3.8) is 0 Å². The zero-order valence-electron chi connectivity index (χ0n) is 27.2. The summed E-state index contributed by atoms with van der Waals surface area (Å²) in [7, 11) is 1.39. The summed E-state index contributed by atoms with van der Waals surface area (Å²) in [6.07, 6.45) is 0. The highest BCUT2D eigenvalue weighted by Crippen LogP contribution is 2.50. The number of hydrogen-bond donors (Lipinski definition) is 5. The average Bonchev–Trinajstić information content (AvgIpc) is 3.64. The van der Waals surface area contributed by atoms with E-state index in [4.69, 9.17) is 10.5 Å². The first-order valence-electron chi connectivity index (χ1n) is 14.8. The highest BCUT2D eigenvalue weighted by Gasteiger charge is 2.57. The van der Waals surface area contributed by atoms with Gasteiger partial charge in [0.15, 0.2) is 0 Å². The minimum absolute atomic E-state index is 0.247. The Morgan fingerprint density at radius 1 is 0.911 bits per heavy atom. The van der Waals surface area contributed by atoms with Gasteiger partial charge in [-0.2, -0.15) is 5.06 Å². The van der Waals surface area contributed by atoms with E-state index in [9.17, 15) is 14.8 Å².